The predicted molar refractivity (Wildman–Crippen MR) is 105 cm³/mol. The first kappa shape index (κ1) is 18.8. The average Bonchev–Trinajstić information content (AvgIpc) is 3.30. The van der Waals surface area contributed by atoms with E-state index in [0.29, 0.717) is 23.5 Å². The molecule has 8 nitrogen and oxygen atoms in total. The van der Waals surface area contributed by atoms with Crippen molar-refractivity contribution in [3.63, 3.8) is 0 Å². The fourth-order valence-corrected chi connectivity index (χ4v) is 3.41. The molecule has 3 heterocycles. The van der Waals surface area contributed by atoms with Gasteiger partial charge in [-0.3, -0.25) is 4.57 Å². The van der Waals surface area contributed by atoms with Crippen molar-refractivity contribution in [1.29, 1.82) is 0 Å². The normalized spacial score (nSPS) is 22.0. The molecule has 2 aromatic heterocycles. The van der Waals surface area contributed by atoms with Crippen LogP contribution in [0.3, 0.4) is 0 Å². The van der Waals surface area contributed by atoms with Crippen molar-refractivity contribution >= 4 is 22.8 Å². The largest absolute Gasteiger partial charge is 0.394 e. The number of hydrogen-bond donors (Lipinski definition) is 3. The Hall–Kier alpha value is -2.55. The van der Waals surface area contributed by atoms with Crippen LogP contribution >= 0.6 is 0 Å². The summed E-state index contributed by atoms with van der Waals surface area (Å²) in [6.07, 6.45) is 5.40. The van der Waals surface area contributed by atoms with Gasteiger partial charge in [0.15, 0.2) is 5.65 Å². The Kier molecular flexibility index (Phi) is 5.52. The molecule has 1 fully saturated rings. The maximum absolute atomic E-state index is 9.99. The van der Waals surface area contributed by atoms with Crippen molar-refractivity contribution in [1.82, 2.24) is 19.5 Å². The molecular formula is C20H25N5O3. The second-order valence-corrected chi connectivity index (χ2v) is 7.09. The van der Waals surface area contributed by atoms with Crippen LogP contribution < -0.4 is 5.32 Å². The molecule has 3 aromatic rings. The van der Waals surface area contributed by atoms with E-state index in [2.05, 4.69) is 39.3 Å². The third kappa shape index (κ3) is 3.84. The lowest BCUT2D eigenvalue weighted by molar-refractivity contribution is -0.0432. The van der Waals surface area contributed by atoms with Crippen LogP contribution in [0.1, 0.15) is 38.0 Å². The molecular weight excluding hydrogens is 358 g/mol. The Balaban J connectivity index is 1.53. The summed E-state index contributed by atoms with van der Waals surface area (Å²) in [5.41, 5.74) is 3.50. The van der Waals surface area contributed by atoms with Gasteiger partial charge in [0.1, 0.15) is 17.8 Å². The van der Waals surface area contributed by atoms with Crippen LogP contribution in [0.15, 0.2) is 36.8 Å². The van der Waals surface area contributed by atoms with Gasteiger partial charge in [0.05, 0.1) is 25.2 Å². The van der Waals surface area contributed by atoms with Crippen molar-refractivity contribution in [3.05, 3.63) is 42.4 Å². The number of ether oxygens (including phenoxy) is 1. The zero-order valence-electron chi connectivity index (χ0n) is 15.8. The summed E-state index contributed by atoms with van der Waals surface area (Å²) in [4.78, 5) is 13.2. The second-order valence-electron chi connectivity index (χ2n) is 7.09. The molecule has 3 N–H and O–H groups in total. The summed E-state index contributed by atoms with van der Waals surface area (Å²) in [6.45, 7) is 1.97. The molecule has 1 aliphatic rings. The van der Waals surface area contributed by atoms with Gasteiger partial charge >= 0.3 is 0 Å². The highest BCUT2D eigenvalue weighted by atomic mass is 16.5. The van der Waals surface area contributed by atoms with E-state index < -0.39 is 18.4 Å². The lowest BCUT2D eigenvalue weighted by Gasteiger charge is -2.14. The van der Waals surface area contributed by atoms with Crippen LogP contribution in [0, 0.1) is 0 Å². The minimum absolute atomic E-state index is 0.222. The zero-order chi connectivity index (χ0) is 19.5. The Morgan fingerprint density at radius 3 is 2.79 bits per heavy atom. The highest BCUT2D eigenvalue weighted by Gasteiger charge is 2.35. The number of aliphatic hydroxyl groups is 2. The molecule has 4 rings (SSSR count). The monoisotopic (exact) mass is 383 g/mol. The van der Waals surface area contributed by atoms with Gasteiger partial charge < -0.3 is 20.3 Å². The van der Waals surface area contributed by atoms with Gasteiger partial charge in [0.2, 0.25) is 5.95 Å². The molecule has 3 atom stereocenters. The third-order valence-corrected chi connectivity index (χ3v) is 5.04. The second kappa shape index (κ2) is 8.22. The minimum atomic E-state index is -0.710. The number of nitrogens with one attached hydrogen (secondary N) is 1. The molecule has 0 spiro atoms. The molecule has 28 heavy (non-hydrogen) atoms. The number of aromatic nitrogens is 4. The van der Waals surface area contributed by atoms with Gasteiger partial charge in [-0.05, 0) is 30.5 Å². The van der Waals surface area contributed by atoms with E-state index in [9.17, 15) is 10.2 Å². The van der Waals surface area contributed by atoms with E-state index >= 15 is 0 Å². The fraction of sp³-hybridized carbons (Fsp3) is 0.450. The standard InChI is InChI=1S/C20H25N5O3/c1-2-3-4-13-5-7-14(8-6-13)23-20-21-10-15-19(24-20)25(12-22-15)18-9-16(27)17(11-26)28-18/h5-8,10,12,16-18,26-27H,2-4,9,11H2,1H3,(H,21,23,24)/t16-,17+,18+/m1/s1. The van der Waals surface area contributed by atoms with E-state index in [1.54, 1.807) is 17.1 Å². The summed E-state index contributed by atoms with van der Waals surface area (Å²) >= 11 is 0. The molecule has 0 unspecified atom stereocenters. The van der Waals surface area contributed by atoms with Crippen molar-refractivity contribution in [2.75, 3.05) is 11.9 Å². The molecule has 0 saturated carbocycles. The van der Waals surface area contributed by atoms with Crippen LogP contribution in [0.25, 0.3) is 11.2 Å². The molecule has 0 bridgehead atoms. The Labute approximate surface area is 163 Å². The van der Waals surface area contributed by atoms with E-state index in [1.165, 1.54) is 18.4 Å². The van der Waals surface area contributed by atoms with E-state index in [4.69, 9.17) is 4.74 Å². The first-order valence-corrected chi connectivity index (χ1v) is 9.68. The maximum Gasteiger partial charge on any atom is 0.229 e. The number of fused-ring (bicyclic) bond motifs is 1. The summed E-state index contributed by atoms with van der Waals surface area (Å²) in [5, 5.41) is 22.5. The highest BCUT2D eigenvalue weighted by molar-refractivity contribution is 5.72. The first-order chi connectivity index (χ1) is 13.7. The highest BCUT2D eigenvalue weighted by Crippen LogP contribution is 2.30. The van der Waals surface area contributed by atoms with E-state index in [-0.39, 0.29) is 6.61 Å². The summed E-state index contributed by atoms with van der Waals surface area (Å²) < 4.78 is 7.49. The predicted octanol–water partition coefficient (Wildman–Crippen LogP) is 2.55. The van der Waals surface area contributed by atoms with Crippen molar-refractivity contribution in [2.24, 2.45) is 0 Å². The molecule has 148 valence electrons. The van der Waals surface area contributed by atoms with Crippen LogP contribution in [-0.2, 0) is 11.2 Å². The lowest BCUT2D eigenvalue weighted by Crippen LogP contribution is -2.24. The van der Waals surface area contributed by atoms with Crippen molar-refractivity contribution in [3.8, 4) is 0 Å². The Morgan fingerprint density at radius 1 is 1.25 bits per heavy atom. The molecule has 0 aliphatic carbocycles. The Bertz CT molecular complexity index is 927. The number of aryl methyl sites for hydroxylation is 1. The topological polar surface area (TPSA) is 105 Å². The lowest BCUT2D eigenvalue weighted by atomic mass is 10.1. The molecule has 0 amide bonds. The van der Waals surface area contributed by atoms with Gasteiger partial charge in [-0.15, -0.1) is 0 Å². The average molecular weight is 383 g/mol. The summed E-state index contributed by atoms with van der Waals surface area (Å²) in [7, 11) is 0. The molecule has 1 aromatic carbocycles. The first-order valence-electron chi connectivity index (χ1n) is 9.68. The van der Waals surface area contributed by atoms with E-state index in [0.717, 1.165) is 12.1 Å². The van der Waals surface area contributed by atoms with Crippen LogP contribution in [0.5, 0.6) is 0 Å². The summed E-state index contributed by atoms with van der Waals surface area (Å²) in [5.74, 6) is 0.466. The zero-order valence-corrected chi connectivity index (χ0v) is 15.8. The van der Waals surface area contributed by atoms with Gasteiger partial charge in [-0.1, -0.05) is 25.5 Å². The molecule has 8 heteroatoms. The van der Waals surface area contributed by atoms with Gasteiger partial charge in [-0.25, -0.2) is 9.97 Å². The van der Waals surface area contributed by atoms with Crippen molar-refractivity contribution in [2.45, 2.75) is 51.0 Å². The number of imidazole rings is 1. The van der Waals surface area contributed by atoms with Crippen LogP contribution in [0.2, 0.25) is 0 Å². The minimum Gasteiger partial charge on any atom is -0.394 e. The quantitative estimate of drug-likeness (QED) is 0.576. The maximum atomic E-state index is 9.99. The number of unbranched alkanes of at least 4 members (excludes halogenated alkanes) is 1. The van der Waals surface area contributed by atoms with E-state index in [1.807, 2.05) is 12.1 Å². The Morgan fingerprint density at radius 2 is 2.07 bits per heavy atom. The smallest absolute Gasteiger partial charge is 0.229 e. The molecule has 1 saturated heterocycles. The summed E-state index contributed by atoms with van der Waals surface area (Å²) in [6, 6.07) is 8.28. The van der Waals surface area contributed by atoms with Crippen LogP contribution in [-0.4, -0.2) is 48.5 Å². The van der Waals surface area contributed by atoms with Gasteiger partial charge in [0.25, 0.3) is 0 Å². The number of benzene rings is 1. The fourth-order valence-electron chi connectivity index (χ4n) is 3.41. The van der Waals surface area contributed by atoms with Gasteiger partial charge in [-0.2, -0.15) is 4.98 Å². The number of hydrogen-bond acceptors (Lipinski definition) is 7. The van der Waals surface area contributed by atoms with Crippen molar-refractivity contribution < 1.29 is 14.9 Å². The molecule has 0 radical (unpaired) electrons. The number of rotatable bonds is 7. The number of aliphatic hydroxyl groups excluding tert-OH is 2. The third-order valence-electron chi connectivity index (χ3n) is 5.04. The SMILES string of the molecule is CCCCc1ccc(Nc2ncc3ncn([C@@H]4C[C@@H](O)[C@H](CO)O4)c3n2)cc1. The van der Waals surface area contributed by atoms with Crippen LogP contribution in [0.4, 0.5) is 11.6 Å². The number of anilines is 2. The molecule has 1 aliphatic heterocycles. The van der Waals surface area contributed by atoms with Gasteiger partial charge in [0, 0.05) is 12.1 Å². The number of nitrogens with zero attached hydrogens (tertiary/aromatic N) is 4.